The van der Waals surface area contributed by atoms with E-state index in [1.54, 1.807) is 34.3 Å². The number of hydrogen-bond donors (Lipinski definition) is 3. The molecule has 2 fully saturated rings. The summed E-state index contributed by atoms with van der Waals surface area (Å²) >= 11 is 0. The minimum atomic E-state index is -4.58. The number of nitrogens with zero attached hydrogens (tertiary/aromatic N) is 3. The van der Waals surface area contributed by atoms with E-state index in [4.69, 9.17) is 9.47 Å². The molecule has 17 heteroatoms. The fourth-order valence-corrected chi connectivity index (χ4v) is 9.50. The maximum absolute atomic E-state index is 16.0. The van der Waals surface area contributed by atoms with Gasteiger partial charge in [-0.1, -0.05) is 20.8 Å². The Kier molecular flexibility index (Phi) is 11.5. The minimum absolute atomic E-state index is 0.0583. The first-order chi connectivity index (χ1) is 24.4. The largest absolute Gasteiger partial charge is 0.630 e. The van der Waals surface area contributed by atoms with Gasteiger partial charge < -0.3 is 43.6 Å². The number of halogens is 1. The number of carboxylic acids is 1. The quantitative estimate of drug-likeness (QED) is 0.205. The van der Waals surface area contributed by atoms with Crippen LogP contribution in [0.3, 0.4) is 0 Å². The molecule has 2 aromatic rings. The number of carbonyl (C=O) groups is 3. The summed E-state index contributed by atoms with van der Waals surface area (Å²) < 4.78 is 40.6. The zero-order chi connectivity index (χ0) is 38.3. The monoisotopic (exact) mass is 763 g/mol. The number of esters is 1. The molecule has 0 bridgehead atoms. The van der Waals surface area contributed by atoms with Gasteiger partial charge in [-0.05, 0) is 44.4 Å². The van der Waals surface area contributed by atoms with E-state index in [0.717, 1.165) is 18.9 Å². The number of aromatic nitrogens is 1. The van der Waals surface area contributed by atoms with Gasteiger partial charge in [0, 0.05) is 68.2 Å². The van der Waals surface area contributed by atoms with Crippen LogP contribution in [-0.2, 0) is 18.9 Å². The second-order valence-electron chi connectivity index (χ2n) is 14.1. The van der Waals surface area contributed by atoms with E-state index >= 15 is 4.39 Å². The number of anilines is 1. The molecule has 2 aliphatic carbocycles. The van der Waals surface area contributed by atoms with Crippen LogP contribution in [0.15, 0.2) is 40.5 Å². The van der Waals surface area contributed by atoms with E-state index in [1.807, 2.05) is 13.8 Å². The third-order valence-corrected chi connectivity index (χ3v) is 13.0. The van der Waals surface area contributed by atoms with Crippen LogP contribution >= 0.6 is 15.4 Å². The van der Waals surface area contributed by atoms with Gasteiger partial charge in [0.2, 0.25) is 17.2 Å². The van der Waals surface area contributed by atoms with Gasteiger partial charge in [0.1, 0.15) is 22.3 Å². The Morgan fingerprint density at radius 3 is 2.46 bits per heavy atom. The smallest absolute Gasteiger partial charge is 0.369 e. The summed E-state index contributed by atoms with van der Waals surface area (Å²) in [5, 5.41) is 9.82. The highest BCUT2D eigenvalue weighted by atomic mass is 31.2. The second-order valence-corrected chi connectivity index (χ2v) is 17.9. The second kappa shape index (κ2) is 15.2. The number of rotatable bonds is 12. The normalized spacial score (nSPS) is 19.3. The zero-order valence-electron chi connectivity index (χ0n) is 29.8. The highest BCUT2D eigenvalue weighted by Gasteiger charge is 2.39. The number of pyridine rings is 1. The number of fused-ring (bicyclic) bond motifs is 1. The lowest BCUT2D eigenvalue weighted by Gasteiger charge is -2.42. The molecule has 14 nitrogen and oxygen atoms in total. The van der Waals surface area contributed by atoms with Crippen LogP contribution in [0.2, 0.25) is 0 Å². The summed E-state index contributed by atoms with van der Waals surface area (Å²) in [6.45, 7) is 7.78. The molecule has 0 radical (unpaired) electrons. The molecule has 2 atom stereocenters. The zero-order valence-corrected chi connectivity index (χ0v) is 31.5. The summed E-state index contributed by atoms with van der Waals surface area (Å²) in [5.74, 6) is -3.41. The molecule has 1 aliphatic heterocycles. The van der Waals surface area contributed by atoms with Crippen molar-refractivity contribution < 1.29 is 52.6 Å². The van der Waals surface area contributed by atoms with Crippen LogP contribution < -0.4 is 20.0 Å². The van der Waals surface area contributed by atoms with E-state index in [1.165, 1.54) is 19.4 Å². The van der Waals surface area contributed by atoms with E-state index in [2.05, 4.69) is 0 Å². The molecular formula is C35H44FN3O11P2. The molecule has 2 heterocycles. The van der Waals surface area contributed by atoms with Crippen molar-refractivity contribution in [1.29, 1.82) is 0 Å². The van der Waals surface area contributed by atoms with Crippen molar-refractivity contribution in [2.45, 2.75) is 78.3 Å². The van der Waals surface area contributed by atoms with Crippen molar-refractivity contribution >= 4 is 55.1 Å². The Morgan fingerprint density at radius 1 is 1.19 bits per heavy atom. The van der Waals surface area contributed by atoms with Gasteiger partial charge in [-0.3, -0.25) is 18.9 Å². The molecular weight excluding hydrogens is 719 g/mol. The first-order valence-electron chi connectivity index (χ1n) is 17.1. The first-order valence-corrected chi connectivity index (χ1v) is 20.3. The predicted octanol–water partition coefficient (Wildman–Crippen LogP) is 4.26. The highest BCUT2D eigenvalue weighted by Crippen LogP contribution is 2.47. The average molecular weight is 764 g/mol. The lowest BCUT2D eigenvalue weighted by atomic mass is 9.77. The van der Waals surface area contributed by atoms with Crippen molar-refractivity contribution in [1.82, 2.24) is 9.47 Å². The number of hydrogen-bond acceptors (Lipinski definition) is 9. The lowest BCUT2D eigenvalue weighted by Crippen LogP contribution is -2.55. The van der Waals surface area contributed by atoms with Crippen LogP contribution in [0.1, 0.15) is 82.6 Å². The van der Waals surface area contributed by atoms with E-state index in [9.17, 15) is 43.5 Å². The Labute approximate surface area is 301 Å². The number of allylic oxidation sites excluding steroid dienone is 3. The fourth-order valence-electron chi connectivity index (χ4n) is 6.87. The first kappa shape index (κ1) is 39.3. The Balaban J connectivity index is 1.41. The average Bonchev–Trinajstić information content (AvgIpc) is 3.89. The topological polar surface area (TPSA) is 199 Å². The molecule has 52 heavy (non-hydrogen) atoms. The summed E-state index contributed by atoms with van der Waals surface area (Å²) in [5.41, 5.74) is -1.42. The van der Waals surface area contributed by atoms with Gasteiger partial charge >= 0.3 is 19.5 Å². The van der Waals surface area contributed by atoms with Crippen molar-refractivity contribution in [3.63, 3.8) is 0 Å². The third-order valence-electron chi connectivity index (χ3n) is 9.54. The Bertz CT molecular complexity index is 2010. The van der Waals surface area contributed by atoms with Gasteiger partial charge in [-0.2, -0.15) is 0 Å². The summed E-state index contributed by atoms with van der Waals surface area (Å²) in [6.07, 6.45) is 6.58. The molecule has 0 spiro atoms. The number of piperazine rings is 1. The van der Waals surface area contributed by atoms with Gasteiger partial charge in [-0.15, -0.1) is 0 Å². The number of aromatic carboxylic acids is 1. The molecule has 1 saturated carbocycles. The Morgan fingerprint density at radius 2 is 1.88 bits per heavy atom. The van der Waals surface area contributed by atoms with E-state index < -0.39 is 61.5 Å². The third kappa shape index (κ3) is 8.34. The van der Waals surface area contributed by atoms with Gasteiger partial charge in [0.25, 0.3) is 0 Å². The van der Waals surface area contributed by atoms with Gasteiger partial charge in [0.15, 0.2) is 11.6 Å². The highest BCUT2D eigenvalue weighted by molar-refractivity contribution is 7.69. The van der Waals surface area contributed by atoms with Crippen LogP contribution in [0.5, 0.6) is 5.75 Å². The molecule has 3 aliphatic rings. The van der Waals surface area contributed by atoms with Crippen molar-refractivity contribution in [3.8, 4) is 5.75 Å². The molecule has 282 valence electrons. The molecule has 1 aromatic heterocycles. The summed E-state index contributed by atoms with van der Waals surface area (Å²) in [4.78, 5) is 86.6. The van der Waals surface area contributed by atoms with Crippen LogP contribution in [0.4, 0.5) is 10.1 Å². The Hall–Kier alpha value is -3.87. The van der Waals surface area contributed by atoms with Crippen LogP contribution in [-0.4, -0.2) is 86.2 Å². The predicted molar refractivity (Wildman–Crippen MR) is 192 cm³/mol. The minimum Gasteiger partial charge on any atom is -0.630 e. The number of carbonyl (C=O) groups excluding carboxylic acids is 2. The lowest BCUT2D eigenvalue weighted by molar-refractivity contribution is -0.152. The number of ether oxygens (including phenoxy) is 2. The number of benzene rings is 1. The maximum atomic E-state index is 16.0. The number of carboxylic acid groups (broad SMARTS) is 1. The van der Waals surface area contributed by atoms with Crippen molar-refractivity contribution in [3.05, 3.63) is 57.4 Å². The summed E-state index contributed by atoms with van der Waals surface area (Å²) in [7, 11) is -5.66. The van der Waals surface area contributed by atoms with Gasteiger partial charge in [-0.25, -0.2) is 9.18 Å². The maximum Gasteiger partial charge on any atom is 0.369 e. The fraction of sp³-hybridized carbons (Fsp3) is 0.514. The molecule has 1 amide bonds. The van der Waals surface area contributed by atoms with Gasteiger partial charge in [0.05, 0.1) is 25.8 Å². The van der Waals surface area contributed by atoms with Crippen LogP contribution in [0, 0.1) is 11.2 Å². The number of amides is 1. The SMILES string of the molecule is CCCC(=O)OC1=CCC(=[P+]([O-])CP(=O)(O)O)C=C1C(C)(C)CC(=O)N1CCN(c2c(F)cc3c(=O)c(C(=O)O)cn(C4CC4)c3c2OC)CC1C. The molecule has 1 saturated heterocycles. The standard InChI is InChI=1S/C35H44FN3O11P2/c1-6-7-29(41)50-27-11-10-22(51(45)19-52(46,47)48)14-25(27)35(3,4)16-28(40)38-13-12-37(17-20(38)2)31-26(36)15-23-30(33(31)49-5)39(21-8-9-21)18-24(32(23)42)34(43)44/h11,14-15,18,20-21H,6-10,12-13,16-17,19H2,1-5H3,(H,43,44)(H2,46,47,48). The summed E-state index contributed by atoms with van der Waals surface area (Å²) in [6, 6.07) is 0.575. The number of methoxy groups -OCH3 is 1. The molecule has 2 unspecified atom stereocenters. The van der Waals surface area contributed by atoms with Crippen LogP contribution in [0.25, 0.3) is 10.9 Å². The van der Waals surface area contributed by atoms with E-state index in [-0.39, 0.29) is 78.7 Å². The molecule has 1 aromatic carbocycles. The van der Waals surface area contributed by atoms with E-state index in [0.29, 0.717) is 17.5 Å². The molecule has 3 N–H and O–H groups in total. The van der Waals surface area contributed by atoms with Crippen molar-refractivity contribution in [2.75, 3.05) is 37.5 Å². The van der Waals surface area contributed by atoms with Crippen molar-refractivity contribution in [2.24, 2.45) is 5.41 Å². The molecule has 5 rings (SSSR count).